The molecule has 2 aromatic carbocycles. The standard InChI is InChI=1S/C29H32N6O2/c30-28-26-27(21-12-14-24(15-13-21)37-23-10-2-1-3-11-23)33-35(29(26)32-19-31-28)22-9-6-16-34(18-22)25(36)17-20-7-4-5-8-20/h1-3,10-15,19-20,22H,4-9,16-18H2,(H2,30,31,32)/t22-/m1/s1. The van der Waals surface area contributed by atoms with Crippen molar-refractivity contribution in [1.29, 1.82) is 0 Å². The second-order valence-corrected chi connectivity index (χ2v) is 10.2. The summed E-state index contributed by atoms with van der Waals surface area (Å²) in [4.78, 5) is 23.9. The molecule has 1 saturated heterocycles. The molecule has 0 spiro atoms. The van der Waals surface area contributed by atoms with Crippen LogP contribution in [0.3, 0.4) is 0 Å². The van der Waals surface area contributed by atoms with Crippen LogP contribution in [-0.2, 0) is 4.79 Å². The second kappa shape index (κ2) is 10.2. The zero-order valence-electron chi connectivity index (χ0n) is 20.9. The Morgan fingerprint density at radius 3 is 2.49 bits per heavy atom. The number of piperidine rings is 1. The summed E-state index contributed by atoms with van der Waals surface area (Å²) in [5.74, 6) is 2.75. The van der Waals surface area contributed by atoms with Gasteiger partial charge in [-0.15, -0.1) is 0 Å². The average Bonchev–Trinajstić information content (AvgIpc) is 3.59. The highest BCUT2D eigenvalue weighted by Crippen LogP contribution is 2.35. The van der Waals surface area contributed by atoms with Crippen LogP contribution in [0.5, 0.6) is 11.5 Å². The molecule has 1 saturated carbocycles. The molecule has 1 aliphatic heterocycles. The molecule has 0 radical (unpaired) electrons. The number of carbonyl (C=O) groups is 1. The highest BCUT2D eigenvalue weighted by molar-refractivity contribution is 5.98. The maximum atomic E-state index is 13.1. The van der Waals surface area contributed by atoms with E-state index in [2.05, 4.69) is 9.97 Å². The number of aromatic nitrogens is 4. The van der Waals surface area contributed by atoms with Crippen LogP contribution in [0.1, 0.15) is 51.0 Å². The monoisotopic (exact) mass is 496 g/mol. The van der Waals surface area contributed by atoms with Crippen molar-refractivity contribution in [3.05, 3.63) is 60.9 Å². The molecular formula is C29H32N6O2. The van der Waals surface area contributed by atoms with Crippen molar-refractivity contribution in [2.45, 2.75) is 51.0 Å². The Morgan fingerprint density at radius 2 is 1.70 bits per heavy atom. The van der Waals surface area contributed by atoms with E-state index in [0.29, 0.717) is 30.3 Å². The van der Waals surface area contributed by atoms with Crippen LogP contribution in [0, 0.1) is 5.92 Å². The fraction of sp³-hybridized carbons (Fsp3) is 0.379. The van der Waals surface area contributed by atoms with Crippen molar-refractivity contribution in [3.8, 4) is 22.8 Å². The number of fused-ring (bicyclic) bond motifs is 1. The fourth-order valence-corrected chi connectivity index (χ4v) is 5.73. The summed E-state index contributed by atoms with van der Waals surface area (Å²) in [5.41, 5.74) is 8.71. The van der Waals surface area contributed by atoms with Gasteiger partial charge in [-0.2, -0.15) is 5.10 Å². The summed E-state index contributed by atoms with van der Waals surface area (Å²) in [6.07, 6.45) is 8.92. The molecule has 0 bridgehead atoms. The minimum absolute atomic E-state index is 0.0486. The molecule has 2 fully saturated rings. The highest BCUT2D eigenvalue weighted by atomic mass is 16.5. The van der Waals surface area contributed by atoms with E-state index >= 15 is 0 Å². The Balaban J connectivity index is 1.27. The van der Waals surface area contributed by atoms with Gasteiger partial charge in [-0.25, -0.2) is 14.6 Å². The molecule has 37 heavy (non-hydrogen) atoms. The first kappa shape index (κ1) is 23.5. The highest BCUT2D eigenvalue weighted by Gasteiger charge is 2.30. The third-order valence-electron chi connectivity index (χ3n) is 7.66. The van der Waals surface area contributed by atoms with E-state index < -0.39 is 0 Å². The third kappa shape index (κ3) is 4.88. The zero-order chi connectivity index (χ0) is 25.2. The lowest BCUT2D eigenvalue weighted by molar-refractivity contribution is -0.133. The quantitative estimate of drug-likeness (QED) is 0.372. The summed E-state index contributed by atoms with van der Waals surface area (Å²) in [5, 5.41) is 5.75. The lowest BCUT2D eigenvalue weighted by atomic mass is 10.0. The van der Waals surface area contributed by atoms with Crippen molar-refractivity contribution < 1.29 is 9.53 Å². The Bertz CT molecular complexity index is 1380. The van der Waals surface area contributed by atoms with Gasteiger partial charge in [0.1, 0.15) is 29.3 Å². The molecular weight excluding hydrogens is 464 g/mol. The summed E-state index contributed by atoms with van der Waals surface area (Å²) in [7, 11) is 0. The molecule has 1 aliphatic carbocycles. The molecule has 3 heterocycles. The van der Waals surface area contributed by atoms with Gasteiger partial charge < -0.3 is 15.4 Å². The number of anilines is 1. The van der Waals surface area contributed by atoms with E-state index in [9.17, 15) is 4.79 Å². The number of likely N-dealkylation sites (tertiary alicyclic amines) is 1. The van der Waals surface area contributed by atoms with Gasteiger partial charge in [0.25, 0.3) is 0 Å². The van der Waals surface area contributed by atoms with Crippen LogP contribution in [0.25, 0.3) is 22.3 Å². The number of carbonyl (C=O) groups excluding carboxylic acids is 1. The number of nitrogens with two attached hydrogens (primary N) is 1. The van der Waals surface area contributed by atoms with Gasteiger partial charge in [-0.05, 0) is 68.0 Å². The molecule has 0 unspecified atom stereocenters. The number of hydrogen-bond acceptors (Lipinski definition) is 6. The lowest BCUT2D eigenvalue weighted by Gasteiger charge is -2.33. The largest absolute Gasteiger partial charge is 0.457 e. The molecule has 6 rings (SSSR count). The van der Waals surface area contributed by atoms with Crippen molar-refractivity contribution in [1.82, 2.24) is 24.6 Å². The lowest BCUT2D eigenvalue weighted by Crippen LogP contribution is -2.41. The van der Waals surface area contributed by atoms with Crippen molar-refractivity contribution in [2.75, 3.05) is 18.8 Å². The normalized spacial score (nSPS) is 18.4. The Kier molecular flexibility index (Phi) is 6.47. The van der Waals surface area contributed by atoms with Crippen molar-refractivity contribution >= 4 is 22.8 Å². The summed E-state index contributed by atoms with van der Waals surface area (Å²) in [6.45, 7) is 1.46. The molecule has 2 aliphatic rings. The van der Waals surface area contributed by atoms with E-state index in [1.807, 2.05) is 64.2 Å². The molecule has 1 amide bonds. The summed E-state index contributed by atoms with van der Waals surface area (Å²) in [6, 6.07) is 17.6. The van der Waals surface area contributed by atoms with Crippen molar-refractivity contribution in [2.24, 2.45) is 5.92 Å². The molecule has 2 aromatic heterocycles. The Hall–Kier alpha value is -3.94. The number of nitrogen functional groups attached to an aromatic ring is 1. The Morgan fingerprint density at radius 1 is 0.946 bits per heavy atom. The van der Waals surface area contributed by atoms with Gasteiger partial charge in [0, 0.05) is 25.1 Å². The minimum atomic E-state index is 0.0486. The summed E-state index contributed by atoms with van der Waals surface area (Å²) >= 11 is 0. The number of amides is 1. The van der Waals surface area contributed by atoms with E-state index in [1.54, 1.807) is 0 Å². The smallest absolute Gasteiger partial charge is 0.222 e. The molecule has 190 valence electrons. The molecule has 2 N–H and O–H groups in total. The van der Waals surface area contributed by atoms with E-state index in [4.69, 9.17) is 15.6 Å². The van der Waals surface area contributed by atoms with Crippen LogP contribution in [0.4, 0.5) is 5.82 Å². The van der Waals surface area contributed by atoms with E-state index in [1.165, 1.54) is 32.0 Å². The van der Waals surface area contributed by atoms with E-state index in [-0.39, 0.29) is 11.9 Å². The van der Waals surface area contributed by atoms with Gasteiger partial charge in [-0.3, -0.25) is 4.79 Å². The predicted octanol–water partition coefficient (Wildman–Crippen LogP) is 5.61. The second-order valence-electron chi connectivity index (χ2n) is 10.2. The molecule has 8 heteroatoms. The molecule has 4 aromatic rings. The van der Waals surface area contributed by atoms with Gasteiger partial charge in [-0.1, -0.05) is 31.0 Å². The fourth-order valence-electron chi connectivity index (χ4n) is 5.73. The van der Waals surface area contributed by atoms with Crippen LogP contribution in [0.2, 0.25) is 0 Å². The first-order valence-corrected chi connectivity index (χ1v) is 13.3. The first-order chi connectivity index (χ1) is 18.2. The zero-order valence-corrected chi connectivity index (χ0v) is 20.9. The SMILES string of the molecule is Nc1ncnc2c1c(-c1ccc(Oc3ccccc3)cc1)nn2[C@@H]1CCCN(C(=O)CC2CCCC2)C1. The van der Waals surface area contributed by atoms with Crippen LogP contribution < -0.4 is 10.5 Å². The van der Waals surface area contributed by atoms with Crippen molar-refractivity contribution in [3.63, 3.8) is 0 Å². The van der Waals surface area contributed by atoms with Crippen LogP contribution in [-0.4, -0.2) is 43.6 Å². The van der Waals surface area contributed by atoms with E-state index in [0.717, 1.165) is 47.5 Å². The first-order valence-electron chi connectivity index (χ1n) is 13.3. The number of ether oxygens (including phenoxy) is 1. The summed E-state index contributed by atoms with van der Waals surface area (Å²) < 4.78 is 7.91. The predicted molar refractivity (Wildman–Crippen MR) is 143 cm³/mol. The third-order valence-corrected chi connectivity index (χ3v) is 7.66. The number of hydrogen-bond donors (Lipinski definition) is 1. The van der Waals surface area contributed by atoms with Crippen LogP contribution in [0.15, 0.2) is 60.9 Å². The minimum Gasteiger partial charge on any atom is -0.457 e. The average molecular weight is 497 g/mol. The molecule has 8 nitrogen and oxygen atoms in total. The topological polar surface area (TPSA) is 99.2 Å². The van der Waals surface area contributed by atoms with Gasteiger partial charge in [0.15, 0.2) is 5.65 Å². The van der Waals surface area contributed by atoms with Crippen LogP contribution >= 0.6 is 0 Å². The maximum absolute atomic E-state index is 13.1. The van der Waals surface area contributed by atoms with Gasteiger partial charge >= 0.3 is 0 Å². The Labute approximate surface area is 216 Å². The molecule has 1 atom stereocenters. The number of benzene rings is 2. The number of nitrogens with zero attached hydrogens (tertiary/aromatic N) is 5. The number of rotatable bonds is 6. The van der Waals surface area contributed by atoms with Gasteiger partial charge in [0.2, 0.25) is 5.91 Å². The maximum Gasteiger partial charge on any atom is 0.222 e. The number of para-hydroxylation sites is 1. The van der Waals surface area contributed by atoms with Gasteiger partial charge in [0.05, 0.1) is 11.4 Å².